The summed E-state index contributed by atoms with van der Waals surface area (Å²) in [6, 6.07) is 0.616. The summed E-state index contributed by atoms with van der Waals surface area (Å²) in [7, 11) is 0. The molecule has 1 aromatic rings. The van der Waals surface area contributed by atoms with Crippen molar-refractivity contribution >= 4 is 0 Å². The summed E-state index contributed by atoms with van der Waals surface area (Å²) in [5, 5.41) is 3.59. The molecule has 1 aromatic heterocycles. The van der Waals surface area contributed by atoms with Crippen LogP contribution in [0, 0.1) is 11.8 Å². The molecule has 2 unspecified atom stereocenters. The standard InChI is InChI=1S/C13H25N3/c1-11(2)7-13(4)15-8-12(3)9-16-6-5-14-10-16/h5-6,10-13,15H,7-9H2,1-4H3. The summed E-state index contributed by atoms with van der Waals surface area (Å²) >= 11 is 0. The third-order valence-electron chi connectivity index (χ3n) is 2.72. The maximum absolute atomic E-state index is 4.05. The van der Waals surface area contributed by atoms with Crippen LogP contribution in [0.15, 0.2) is 18.7 Å². The molecule has 1 rings (SSSR count). The van der Waals surface area contributed by atoms with Gasteiger partial charge in [-0.3, -0.25) is 0 Å². The van der Waals surface area contributed by atoms with Crippen LogP contribution in [0.25, 0.3) is 0 Å². The zero-order valence-electron chi connectivity index (χ0n) is 11.0. The highest BCUT2D eigenvalue weighted by atomic mass is 15.0. The third kappa shape index (κ3) is 5.31. The molecule has 1 N–H and O–H groups in total. The Morgan fingerprint density at radius 2 is 2.00 bits per heavy atom. The number of hydrogen-bond acceptors (Lipinski definition) is 2. The summed E-state index contributed by atoms with van der Waals surface area (Å²) in [5.41, 5.74) is 0. The van der Waals surface area contributed by atoms with Gasteiger partial charge in [0.05, 0.1) is 6.33 Å². The first kappa shape index (κ1) is 13.2. The molecule has 0 saturated carbocycles. The second-order valence-corrected chi connectivity index (χ2v) is 5.30. The highest BCUT2D eigenvalue weighted by Gasteiger charge is 2.07. The monoisotopic (exact) mass is 223 g/mol. The third-order valence-corrected chi connectivity index (χ3v) is 2.72. The lowest BCUT2D eigenvalue weighted by Crippen LogP contribution is -2.32. The van der Waals surface area contributed by atoms with Crippen molar-refractivity contribution in [1.82, 2.24) is 14.9 Å². The minimum absolute atomic E-state index is 0.616. The van der Waals surface area contributed by atoms with Crippen LogP contribution in [0.2, 0.25) is 0 Å². The van der Waals surface area contributed by atoms with Crippen molar-refractivity contribution in [3.8, 4) is 0 Å². The molecule has 0 aromatic carbocycles. The Morgan fingerprint density at radius 1 is 1.25 bits per heavy atom. The van der Waals surface area contributed by atoms with Crippen LogP contribution in [0.4, 0.5) is 0 Å². The Bertz CT molecular complexity index is 267. The van der Waals surface area contributed by atoms with Crippen molar-refractivity contribution in [1.29, 1.82) is 0 Å². The molecule has 2 atom stereocenters. The van der Waals surface area contributed by atoms with Crippen molar-refractivity contribution in [2.24, 2.45) is 11.8 Å². The van der Waals surface area contributed by atoms with Crippen molar-refractivity contribution in [2.45, 2.75) is 46.7 Å². The second kappa shape index (κ2) is 6.69. The fourth-order valence-corrected chi connectivity index (χ4v) is 2.01. The first-order chi connectivity index (χ1) is 7.58. The van der Waals surface area contributed by atoms with Crippen LogP contribution in [0.5, 0.6) is 0 Å². The molecule has 1 heterocycles. The number of nitrogens with one attached hydrogen (secondary N) is 1. The van der Waals surface area contributed by atoms with E-state index in [9.17, 15) is 0 Å². The SMILES string of the molecule is CC(C)CC(C)NCC(C)Cn1ccnc1. The van der Waals surface area contributed by atoms with Crippen molar-refractivity contribution < 1.29 is 0 Å². The molecular weight excluding hydrogens is 198 g/mol. The molecule has 0 radical (unpaired) electrons. The largest absolute Gasteiger partial charge is 0.337 e. The van der Waals surface area contributed by atoms with Gasteiger partial charge < -0.3 is 9.88 Å². The maximum atomic E-state index is 4.05. The van der Waals surface area contributed by atoms with Crippen LogP contribution in [-0.2, 0) is 6.54 Å². The molecule has 0 bridgehead atoms. The summed E-state index contributed by atoms with van der Waals surface area (Å²) in [6.45, 7) is 11.2. The van der Waals surface area contributed by atoms with Crippen LogP contribution >= 0.6 is 0 Å². The van der Waals surface area contributed by atoms with Crippen molar-refractivity contribution in [2.75, 3.05) is 6.54 Å². The van der Waals surface area contributed by atoms with Gasteiger partial charge in [0.25, 0.3) is 0 Å². The van der Waals surface area contributed by atoms with E-state index in [1.165, 1.54) is 6.42 Å². The van der Waals surface area contributed by atoms with Crippen LogP contribution in [0.1, 0.15) is 34.1 Å². The molecule has 16 heavy (non-hydrogen) atoms. The zero-order chi connectivity index (χ0) is 12.0. The summed E-state index contributed by atoms with van der Waals surface area (Å²) in [4.78, 5) is 4.05. The Kier molecular flexibility index (Phi) is 5.53. The van der Waals surface area contributed by atoms with Gasteiger partial charge in [-0.1, -0.05) is 20.8 Å². The molecule has 0 aliphatic heterocycles. The van der Waals surface area contributed by atoms with Crippen LogP contribution in [0.3, 0.4) is 0 Å². The fraction of sp³-hybridized carbons (Fsp3) is 0.769. The second-order valence-electron chi connectivity index (χ2n) is 5.30. The van der Waals surface area contributed by atoms with Gasteiger partial charge in [0.15, 0.2) is 0 Å². The first-order valence-corrected chi connectivity index (χ1v) is 6.27. The molecule has 0 amide bonds. The smallest absolute Gasteiger partial charge is 0.0946 e. The molecule has 0 aliphatic carbocycles. The topological polar surface area (TPSA) is 29.9 Å². The number of imidazole rings is 1. The van der Waals surface area contributed by atoms with Gasteiger partial charge in [0.1, 0.15) is 0 Å². The number of aromatic nitrogens is 2. The van der Waals surface area contributed by atoms with E-state index in [0.717, 1.165) is 19.0 Å². The fourth-order valence-electron chi connectivity index (χ4n) is 2.01. The molecule has 0 aliphatic rings. The summed E-state index contributed by atoms with van der Waals surface area (Å²) in [5.74, 6) is 1.41. The first-order valence-electron chi connectivity index (χ1n) is 6.27. The number of rotatable bonds is 7. The highest BCUT2D eigenvalue weighted by molar-refractivity contribution is 4.75. The van der Waals surface area contributed by atoms with E-state index in [1.54, 1.807) is 0 Å². The maximum Gasteiger partial charge on any atom is 0.0946 e. The average molecular weight is 223 g/mol. The van der Waals surface area contributed by atoms with E-state index in [-0.39, 0.29) is 0 Å². The predicted octanol–water partition coefficient (Wildman–Crippen LogP) is 2.54. The molecule has 0 spiro atoms. The minimum Gasteiger partial charge on any atom is -0.337 e. The molecule has 0 saturated heterocycles. The normalized spacial score (nSPS) is 15.3. The Labute approximate surface area is 99.3 Å². The predicted molar refractivity (Wildman–Crippen MR) is 68.3 cm³/mol. The van der Waals surface area contributed by atoms with E-state index in [1.807, 2.05) is 18.7 Å². The Morgan fingerprint density at radius 3 is 2.56 bits per heavy atom. The summed E-state index contributed by atoms with van der Waals surface area (Å²) in [6.07, 6.45) is 6.99. The van der Waals surface area contributed by atoms with E-state index >= 15 is 0 Å². The molecule has 92 valence electrons. The highest BCUT2D eigenvalue weighted by Crippen LogP contribution is 2.05. The van der Waals surface area contributed by atoms with E-state index in [4.69, 9.17) is 0 Å². The van der Waals surface area contributed by atoms with Crippen LogP contribution in [-0.4, -0.2) is 22.1 Å². The van der Waals surface area contributed by atoms with Gasteiger partial charge in [-0.15, -0.1) is 0 Å². The van der Waals surface area contributed by atoms with Crippen molar-refractivity contribution in [3.63, 3.8) is 0 Å². The van der Waals surface area contributed by atoms with E-state index in [2.05, 4.69) is 42.6 Å². The average Bonchev–Trinajstić information content (AvgIpc) is 2.66. The van der Waals surface area contributed by atoms with Gasteiger partial charge in [0.2, 0.25) is 0 Å². The van der Waals surface area contributed by atoms with Gasteiger partial charge in [-0.25, -0.2) is 4.98 Å². The number of nitrogens with zero attached hydrogens (tertiary/aromatic N) is 2. The number of hydrogen-bond donors (Lipinski definition) is 1. The quantitative estimate of drug-likeness (QED) is 0.770. The Hall–Kier alpha value is -0.830. The van der Waals surface area contributed by atoms with E-state index in [0.29, 0.717) is 12.0 Å². The molecule has 3 heteroatoms. The minimum atomic E-state index is 0.616. The van der Waals surface area contributed by atoms with Gasteiger partial charge in [-0.2, -0.15) is 0 Å². The molecule has 3 nitrogen and oxygen atoms in total. The lowest BCUT2D eigenvalue weighted by molar-refractivity contribution is 0.383. The van der Waals surface area contributed by atoms with Crippen LogP contribution < -0.4 is 5.32 Å². The summed E-state index contributed by atoms with van der Waals surface area (Å²) < 4.78 is 2.14. The van der Waals surface area contributed by atoms with E-state index < -0.39 is 0 Å². The van der Waals surface area contributed by atoms with Gasteiger partial charge in [-0.05, 0) is 31.7 Å². The van der Waals surface area contributed by atoms with Gasteiger partial charge >= 0.3 is 0 Å². The Balaban J connectivity index is 2.17. The zero-order valence-corrected chi connectivity index (χ0v) is 11.0. The lowest BCUT2D eigenvalue weighted by Gasteiger charge is -2.19. The molecule has 0 fully saturated rings. The van der Waals surface area contributed by atoms with Gasteiger partial charge in [0, 0.05) is 25.0 Å². The lowest BCUT2D eigenvalue weighted by atomic mass is 10.0. The van der Waals surface area contributed by atoms with Crippen molar-refractivity contribution in [3.05, 3.63) is 18.7 Å². The molecular formula is C13H25N3.